The molecule has 4 rings (SSSR count). The van der Waals surface area contributed by atoms with E-state index in [-0.39, 0.29) is 29.6 Å². The number of aryl methyl sites for hydroxylation is 2. The molecular formula is C19H25F2N3O3. The molecule has 1 N–H and O–H groups in total. The Hall–Kier alpha value is -1.99. The summed E-state index contributed by atoms with van der Waals surface area (Å²) < 4.78 is 32.2. The smallest absolute Gasteiger partial charge is 0.267 e. The number of likely N-dealkylation sites (tertiary alicyclic amines) is 1. The summed E-state index contributed by atoms with van der Waals surface area (Å²) in [4.78, 5) is 27.4. The van der Waals surface area contributed by atoms with Gasteiger partial charge in [0.1, 0.15) is 11.3 Å². The van der Waals surface area contributed by atoms with Gasteiger partial charge < -0.3 is 14.7 Å². The largest absolute Gasteiger partial charge is 0.361 e. The fourth-order valence-corrected chi connectivity index (χ4v) is 5.01. The third kappa shape index (κ3) is 2.93. The van der Waals surface area contributed by atoms with Crippen molar-refractivity contribution in [3.05, 3.63) is 17.0 Å². The molecule has 2 amide bonds. The van der Waals surface area contributed by atoms with E-state index < -0.39 is 12.0 Å². The van der Waals surface area contributed by atoms with Gasteiger partial charge in [0.25, 0.3) is 11.8 Å². The molecule has 3 fully saturated rings. The lowest BCUT2D eigenvalue weighted by atomic mass is 9.76. The molecule has 148 valence electrons. The second-order valence-electron chi connectivity index (χ2n) is 8.34. The van der Waals surface area contributed by atoms with Gasteiger partial charge in [0.2, 0.25) is 5.91 Å². The van der Waals surface area contributed by atoms with Gasteiger partial charge in [-0.25, -0.2) is 8.78 Å². The van der Waals surface area contributed by atoms with Crippen molar-refractivity contribution in [2.75, 3.05) is 13.1 Å². The molecule has 8 heteroatoms. The summed E-state index contributed by atoms with van der Waals surface area (Å²) in [6.45, 7) is 4.49. The average Bonchev–Trinajstić information content (AvgIpc) is 3.32. The number of halogens is 2. The normalized spacial score (nSPS) is 31.9. The molecule has 0 bridgehead atoms. The first-order chi connectivity index (χ1) is 12.7. The molecule has 1 aliphatic heterocycles. The number of hydrogen-bond acceptors (Lipinski definition) is 4. The molecule has 0 aromatic carbocycles. The molecule has 1 saturated heterocycles. The molecule has 1 spiro atoms. The minimum Gasteiger partial charge on any atom is -0.361 e. The van der Waals surface area contributed by atoms with Crippen LogP contribution in [0.1, 0.15) is 60.3 Å². The van der Waals surface area contributed by atoms with Crippen molar-refractivity contribution in [1.29, 1.82) is 0 Å². The van der Waals surface area contributed by atoms with E-state index in [1.165, 1.54) is 0 Å². The van der Waals surface area contributed by atoms with Crippen LogP contribution in [-0.2, 0) is 4.79 Å². The minimum absolute atomic E-state index is 0.125. The van der Waals surface area contributed by atoms with E-state index in [2.05, 4.69) is 10.5 Å². The van der Waals surface area contributed by atoms with Gasteiger partial charge in [0, 0.05) is 30.8 Å². The highest BCUT2D eigenvalue weighted by Crippen LogP contribution is 2.50. The second-order valence-corrected chi connectivity index (χ2v) is 8.34. The van der Waals surface area contributed by atoms with Crippen LogP contribution in [0.5, 0.6) is 0 Å². The standard InChI is InChI=1S/C19H25F2N3O3/c1-11-15(12(2)27-23-11)17(26)24-9-8-18(10-24)6-3-4-13(18)16(25)22-14-5-7-19(14,20)21/h13-14H,3-10H2,1-2H3,(H,22,25)/t13-,14-,18-/m1/s1. The lowest BCUT2D eigenvalue weighted by Crippen LogP contribution is -2.57. The maximum atomic E-state index is 13.5. The van der Waals surface area contributed by atoms with E-state index in [4.69, 9.17) is 4.52 Å². The minimum atomic E-state index is -2.79. The number of amides is 2. The third-order valence-corrected chi connectivity index (χ3v) is 6.74. The maximum absolute atomic E-state index is 13.5. The molecule has 3 atom stereocenters. The number of nitrogens with one attached hydrogen (secondary N) is 1. The number of carbonyl (C=O) groups is 2. The van der Waals surface area contributed by atoms with E-state index >= 15 is 0 Å². The van der Waals surface area contributed by atoms with Crippen molar-refractivity contribution in [1.82, 2.24) is 15.4 Å². The Bertz CT molecular complexity index is 759. The Kier molecular flexibility index (Phi) is 4.27. The zero-order valence-electron chi connectivity index (χ0n) is 15.7. The zero-order chi connectivity index (χ0) is 19.4. The average molecular weight is 381 g/mol. The Labute approximate surface area is 156 Å². The van der Waals surface area contributed by atoms with Crippen LogP contribution in [-0.4, -0.2) is 46.9 Å². The summed E-state index contributed by atoms with van der Waals surface area (Å²) in [7, 11) is 0. The lowest BCUT2D eigenvalue weighted by Gasteiger charge is -2.39. The number of carbonyl (C=O) groups excluding carboxylic acids is 2. The molecule has 1 aromatic heterocycles. The number of hydrogen-bond donors (Lipinski definition) is 1. The predicted molar refractivity (Wildman–Crippen MR) is 92.4 cm³/mol. The predicted octanol–water partition coefficient (Wildman–Crippen LogP) is 2.84. The van der Waals surface area contributed by atoms with Crippen molar-refractivity contribution < 1.29 is 22.9 Å². The van der Waals surface area contributed by atoms with Crippen LogP contribution >= 0.6 is 0 Å². The molecule has 2 saturated carbocycles. The first kappa shape index (κ1) is 18.4. The van der Waals surface area contributed by atoms with E-state index in [0.717, 1.165) is 19.3 Å². The van der Waals surface area contributed by atoms with E-state index in [1.54, 1.807) is 18.7 Å². The fraction of sp³-hybridized carbons (Fsp3) is 0.737. The fourth-order valence-electron chi connectivity index (χ4n) is 5.01. The lowest BCUT2D eigenvalue weighted by molar-refractivity contribution is -0.142. The van der Waals surface area contributed by atoms with Gasteiger partial charge in [-0.05, 0) is 39.5 Å². The number of aromatic nitrogens is 1. The van der Waals surface area contributed by atoms with Crippen molar-refractivity contribution >= 4 is 11.8 Å². The first-order valence-electron chi connectivity index (χ1n) is 9.64. The quantitative estimate of drug-likeness (QED) is 0.874. The number of rotatable bonds is 3. The summed E-state index contributed by atoms with van der Waals surface area (Å²) in [5.74, 6) is -3.01. The third-order valence-electron chi connectivity index (χ3n) is 6.74. The highest BCUT2D eigenvalue weighted by atomic mass is 19.3. The molecule has 0 radical (unpaired) electrons. The van der Waals surface area contributed by atoms with Crippen molar-refractivity contribution in [3.8, 4) is 0 Å². The molecule has 2 aliphatic carbocycles. The second kappa shape index (κ2) is 6.27. The van der Waals surface area contributed by atoms with Crippen molar-refractivity contribution in [2.45, 2.75) is 64.3 Å². The number of alkyl halides is 2. The molecule has 2 heterocycles. The molecule has 27 heavy (non-hydrogen) atoms. The number of nitrogens with zero attached hydrogens (tertiary/aromatic N) is 2. The first-order valence-corrected chi connectivity index (χ1v) is 9.64. The Morgan fingerprint density at radius 3 is 2.59 bits per heavy atom. The van der Waals surface area contributed by atoms with E-state index in [0.29, 0.717) is 42.9 Å². The Morgan fingerprint density at radius 1 is 1.22 bits per heavy atom. The molecule has 1 aromatic rings. The molecule has 3 aliphatic rings. The summed E-state index contributed by atoms with van der Waals surface area (Å²) in [5.41, 5.74) is 0.740. The van der Waals surface area contributed by atoms with Crippen LogP contribution < -0.4 is 5.32 Å². The molecular weight excluding hydrogens is 356 g/mol. The van der Waals surface area contributed by atoms with Crippen LogP contribution in [0.4, 0.5) is 8.78 Å². The zero-order valence-corrected chi connectivity index (χ0v) is 15.7. The molecule has 0 unspecified atom stereocenters. The topological polar surface area (TPSA) is 75.4 Å². The summed E-state index contributed by atoms with van der Waals surface area (Å²) in [6, 6.07) is -1.04. The van der Waals surface area contributed by atoms with Crippen molar-refractivity contribution in [2.24, 2.45) is 11.3 Å². The van der Waals surface area contributed by atoms with Crippen LogP contribution in [0.15, 0.2) is 4.52 Å². The van der Waals surface area contributed by atoms with E-state index in [9.17, 15) is 18.4 Å². The van der Waals surface area contributed by atoms with Crippen molar-refractivity contribution in [3.63, 3.8) is 0 Å². The van der Waals surface area contributed by atoms with Crippen LogP contribution in [0.3, 0.4) is 0 Å². The van der Waals surface area contributed by atoms with Gasteiger partial charge in [0.15, 0.2) is 0 Å². The van der Waals surface area contributed by atoms with Gasteiger partial charge in [0.05, 0.1) is 11.7 Å². The van der Waals surface area contributed by atoms with Gasteiger partial charge in [-0.1, -0.05) is 11.6 Å². The van der Waals surface area contributed by atoms with Crippen LogP contribution in [0.25, 0.3) is 0 Å². The van der Waals surface area contributed by atoms with Gasteiger partial charge in [-0.3, -0.25) is 9.59 Å². The SMILES string of the molecule is Cc1noc(C)c1C(=O)N1CC[C@]2(CCC[C@@H]2C(=O)N[C@@H]2CCC2(F)F)C1. The Balaban J connectivity index is 1.47. The highest BCUT2D eigenvalue weighted by molar-refractivity contribution is 5.96. The van der Waals surface area contributed by atoms with Gasteiger partial charge in [-0.15, -0.1) is 0 Å². The van der Waals surface area contributed by atoms with E-state index in [1.807, 2.05) is 0 Å². The van der Waals surface area contributed by atoms with Gasteiger partial charge >= 0.3 is 0 Å². The molecule has 6 nitrogen and oxygen atoms in total. The van der Waals surface area contributed by atoms with Crippen LogP contribution in [0.2, 0.25) is 0 Å². The highest BCUT2D eigenvalue weighted by Gasteiger charge is 2.54. The summed E-state index contributed by atoms with van der Waals surface area (Å²) >= 11 is 0. The Morgan fingerprint density at radius 2 is 2.00 bits per heavy atom. The van der Waals surface area contributed by atoms with Crippen LogP contribution in [0, 0.1) is 25.2 Å². The maximum Gasteiger partial charge on any atom is 0.267 e. The monoisotopic (exact) mass is 381 g/mol. The van der Waals surface area contributed by atoms with Gasteiger partial charge in [-0.2, -0.15) is 0 Å². The summed E-state index contributed by atoms with van der Waals surface area (Å²) in [6.07, 6.45) is 3.31. The summed E-state index contributed by atoms with van der Waals surface area (Å²) in [5, 5.41) is 6.42.